The summed E-state index contributed by atoms with van der Waals surface area (Å²) in [6.07, 6.45) is 1.88. The van der Waals surface area contributed by atoms with Gasteiger partial charge in [-0.1, -0.05) is 6.92 Å². The van der Waals surface area contributed by atoms with Gasteiger partial charge in [-0.25, -0.2) is 4.39 Å². The Hall–Kier alpha value is -1.18. The van der Waals surface area contributed by atoms with Crippen LogP contribution in [0.3, 0.4) is 0 Å². The standard InChI is InChI=1S/C16H24FN3O2S/c1-14-6-8-19(9-7-14)23(21,22)20-12-10-18(11-13-20)16-4-2-15(17)3-5-16/h2-5,14H,6-13H2,1H3. The Labute approximate surface area is 137 Å². The van der Waals surface area contributed by atoms with Gasteiger partial charge >= 0.3 is 0 Å². The van der Waals surface area contributed by atoms with Crippen molar-refractivity contribution in [1.29, 1.82) is 0 Å². The Morgan fingerprint density at radius 1 is 0.913 bits per heavy atom. The van der Waals surface area contributed by atoms with Crippen LogP contribution in [-0.2, 0) is 10.2 Å². The first-order valence-corrected chi connectivity index (χ1v) is 9.62. The number of rotatable bonds is 3. The second kappa shape index (κ2) is 6.75. The Morgan fingerprint density at radius 3 is 2.00 bits per heavy atom. The normalized spacial score (nSPS) is 22.4. The van der Waals surface area contributed by atoms with Crippen molar-refractivity contribution >= 4 is 15.9 Å². The quantitative estimate of drug-likeness (QED) is 0.844. The monoisotopic (exact) mass is 341 g/mol. The lowest BCUT2D eigenvalue weighted by Gasteiger charge is -2.39. The highest BCUT2D eigenvalue weighted by Crippen LogP contribution is 2.23. The molecule has 2 fully saturated rings. The molecule has 0 saturated carbocycles. The van der Waals surface area contributed by atoms with Crippen LogP contribution in [0.4, 0.5) is 10.1 Å². The molecule has 0 unspecified atom stereocenters. The third-order valence-electron chi connectivity index (χ3n) is 4.83. The molecule has 0 N–H and O–H groups in total. The number of halogens is 1. The topological polar surface area (TPSA) is 43.9 Å². The van der Waals surface area contributed by atoms with Gasteiger partial charge in [0.2, 0.25) is 0 Å². The van der Waals surface area contributed by atoms with Gasteiger partial charge in [-0.05, 0) is 43.0 Å². The number of anilines is 1. The minimum absolute atomic E-state index is 0.255. The van der Waals surface area contributed by atoms with Crippen LogP contribution in [0.5, 0.6) is 0 Å². The van der Waals surface area contributed by atoms with Gasteiger partial charge in [0.05, 0.1) is 0 Å². The van der Waals surface area contributed by atoms with Crippen molar-refractivity contribution in [3.63, 3.8) is 0 Å². The van der Waals surface area contributed by atoms with Crippen molar-refractivity contribution < 1.29 is 12.8 Å². The van der Waals surface area contributed by atoms with E-state index in [1.165, 1.54) is 12.1 Å². The summed E-state index contributed by atoms with van der Waals surface area (Å²) >= 11 is 0. The van der Waals surface area contributed by atoms with Gasteiger partial charge in [0.25, 0.3) is 10.2 Å². The van der Waals surface area contributed by atoms with Gasteiger partial charge in [0, 0.05) is 45.0 Å². The van der Waals surface area contributed by atoms with Crippen molar-refractivity contribution in [3.8, 4) is 0 Å². The molecule has 0 atom stereocenters. The molecule has 0 aromatic heterocycles. The summed E-state index contributed by atoms with van der Waals surface area (Å²) < 4.78 is 41.6. The number of benzene rings is 1. The summed E-state index contributed by atoms with van der Waals surface area (Å²) in [4.78, 5) is 2.10. The molecule has 1 aromatic rings. The molecule has 7 heteroatoms. The second-order valence-electron chi connectivity index (χ2n) is 6.45. The zero-order valence-electron chi connectivity index (χ0n) is 13.5. The van der Waals surface area contributed by atoms with Gasteiger partial charge in [0.1, 0.15) is 5.82 Å². The van der Waals surface area contributed by atoms with Crippen LogP contribution >= 0.6 is 0 Å². The fourth-order valence-electron chi connectivity index (χ4n) is 3.21. The highest BCUT2D eigenvalue weighted by atomic mass is 32.2. The average molecular weight is 341 g/mol. The first-order chi connectivity index (χ1) is 11.0. The highest BCUT2D eigenvalue weighted by Gasteiger charge is 2.34. The molecule has 2 saturated heterocycles. The molecule has 0 spiro atoms. The Bertz CT molecular complexity index is 619. The van der Waals surface area contributed by atoms with Gasteiger partial charge in [-0.15, -0.1) is 0 Å². The molecule has 2 aliphatic rings. The van der Waals surface area contributed by atoms with Crippen LogP contribution in [0, 0.1) is 11.7 Å². The van der Waals surface area contributed by atoms with Crippen molar-refractivity contribution in [3.05, 3.63) is 30.1 Å². The van der Waals surface area contributed by atoms with E-state index in [0.29, 0.717) is 45.2 Å². The third-order valence-corrected chi connectivity index (χ3v) is 6.86. The number of piperazine rings is 1. The molecule has 0 bridgehead atoms. The van der Waals surface area contributed by atoms with Crippen LogP contribution < -0.4 is 4.90 Å². The number of hydrogen-bond acceptors (Lipinski definition) is 3. The van der Waals surface area contributed by atoms with Crippen molar-refractivity contribution in [2.75, 3.05) is 44.2 Å². The lowest BCUT2D eigenvalue weighted by Crippen LogP contribution is -2.54. The Kier molecular flexibility index (Phi) is 4.89. The zero-order valence-corrected chi connectivity index (χ0v) is 14.3. The van der Waals surface area contributed by atoms with E-state index < -0.39 is 10.2 Å². The van der Waals surface area contributed by atoms with E-state index in [4.69, 9.17) is 0 Å². The predicted molar refractivity (Wildman–Crippen MR) is 89.1 cm³/mol. The minimum Gasteiger partial charge on any atom is -0.369 e. The molecule has 0 aliphatic carbocycles. The first-order valence-electron chi connectivity index (χ1n) is 8.22. The zero-order chi connectivity index (χ0) is 16.4. The molecular formula is C16H24FN3O2S. The van der Waals surface area contributed by atoms with Crippen molar-refractivity contribution in [2.45, 2.75) is 19.8 Å². The average Bonchev–Trinajstić information content (AvgIpc) is 2.56. The maximum Gasteiger partial charge on any atom is 0.282 e. The van der Waals surface area contributed by atoms with Crippen LogP contribution in [0.2, 0.25) is 0 Å². The Morgan fingerprint density at radius 2 is 1.43 bits per heavy atom. The molecule has 2 heterocycles. The van der Waals surface area contributed by atoms with E-state index in [0.717, 1.165) is 18.5 Å². The fraction of sp³-hybridized carbons (Fsp3) is 0.625. The summed E-state index contributed by atoms with van der Waals surface area (Å²) in [6.45, 7) is 5.65. The maximum atomic E-state index is 13.0. The number of nitrogens with zero attached hydrogens (tertiary/aromatic N) is 3. The maximum absolute atomic E-state index is 13.0. The molecule has 128 valence electrons. The molecule has 23 heavy (non-hydrogen) atoms. The highest BCUT2D eigenvalue weighted by molar-refractivity contribution is 7.86. The van der Waals surface area contributed by atoms with Crippen LogP contribution in [0.1, 0.15) is 19.8 Å². The molecule has 5 nitrogen and oxygen atoms in total. The van der Waals surface area contributed by atoms with E-state index in [2.05, 4.69) is 11.8 Å². The first kappa shape index (κ1) is 16.7. The molecular weight excluding hydrogens is 317 g/mol. The Balaban J connectivity index is 1.60. The smallest absolute Gasteiger partial charge is 0.282 e. The number of piperidine rings is 1. The third kappa shape index (κ3) is 3.67. The molecule has 0 radical (unpaired) electrons. The van der Waals surface area contributed by atoms with Crippen LogP contribution in [0.25, 0.3) is 0 Å². The lowest BCUT2D eigenvalue weighted by atomic mass is 10.0. The van der Waals surface area contributed by atoms with Gasteiger partial charge in [-0.3, -0.25) is 0 Å². The summed E-state index contributed by atoms with van der Waals surface area (Å²) in [5, 5.41) is 0. The van der Waals surface area contributed by atoms with Gasteiger partial charge in [-0.2, -0.15) is 17.0 Å². The summed E-state index contributed by atoms with van der Waals surface area (Å²) in [6, 6.07) is 6.36. The van der Waals surface area contributed by atoms with E-state index in [-0.39, 0.29) is 5.82 Å². The van der Waals surface area contributed by atoms with E-state index in [9.17, 15) is 12.8 Å². The summed E-state index contributed by atoms with van der Waals surface area (Å²) in [5.41, 5.74) is 0.940. The molecule has 0 amide bonds. The SMILES string of the molecule is CC1CCN(S(=O)(=O)N2CCN(c3ccc(F)cc3)CC2)CC1. The lowest BCUT2D eigenvalue weighted by molar-refractivity contribution is 0.260. The second-order valence-corrected chi connectivity index (χ2v) is 8.38. The fourth-order valence-corrected chi connectivity index (χ4v) is 4.83. The largest absolute Gasteiger partial charge is 0.369 e. The summed E-state index contributed by atoms with van der Waals surface area (Å²) in [7, 11) is -3.34. The van der Waals surface area contributed by atoms with Crippen molar-refractivity contribution in [2.24, 2.45) is 5.92 Å². The molecule has 1 aromatic carbocycles. The van der Waals surface area contributed by atoms with E-state index in [1.54, 1.807) is 20.7 Å². The van der Waals surface area contributed by atoms with Crippen LogP contribution in [-0.4, -0.2) is 56.3 Å². The van der Waals surface area contributed by atoms with Crippen molar-refractivity contribution in [1.82, 2.24) is 8.61 Å². The van der Waals surface area contributed by atoms with Gasteiger partial charge < -0.3 is 4.90 Å². The number of hydrogen-bond donors (Lipinski definition) is 0. The predicted octanol–water partition coefficient (Wildman–Crippen LogP) is 1.92. The van der Waals surface area contributed by atoms with Gasteiger partial charge in [0.15, 0.2) is 0 Å². The van der Waals surface area contributed by atoms with Crippen LogP contribution in [0.15, 0.2) is 24.3 Å². The molecule has 3 rings (SSSR count). The van der Waals surface area contributed by atoms with E-state index in [1.807, 2.05) is 0 Å². The van der Waals surface area contributed by atoms with E-state index >= 15 is 0 Å². The summed E-state index contributed by atoms with van der Waals surface area (Å²) in [5.74, 6) is 0.353. The minimum atomic E-state index is -3.34. The molecule has 2 aliphatic heterocycles.